The number of amides is 1. The molecule has 1 fully saturated rings. The van der Waals surface area contributed by atoms with Crippen molar-refractivity contribution >= 4 is 11.5 Å². The number of nitrogens with zero attached hydrogens (tertiary/aromatic N) is 2. The smallest absolute Gasteiger partial charge is 0.338 e. The molecule has 25 heavy (non-hydrogen) atoms. The molecule has 3 rings (SSSR count). The standard InChI is InChI=1S/C18H22F3N3O/c1-17(6-2-14(22)11-17)16(25)24-8-4-12(5-9-24)15-10-13(3-7-23-15)18(19,20)21/h3-4,7,10,14H,2,5-6,8-9,11,22H2,1H3. The molecule has 0 spiro atoms. The minimum Gasteiger partial charge on any atom is -0.338 e. The largest absolute Gasteiger partial charge is 0.416 e. The minimum atomic E-state index is -4.38. The first-order chi connectivity index (χ1) is 11.7. The first-order valence-electron chi connectivity index (χ1n) is 8.47. The van der Waals surface area contributed by atoms with Crippen LogP contribution < -0.4 is 5.73 Å². The van der Waals surface area contributed by atoms with Crippen LogP contribution in [-0.4, -0.2) is 34.9 Å². The van der Waals surface area contributed by atoms with E-state index in [0.29, 0.717) is 31.6 Å². The minimum absolute atomic E-state index is 0.0687. The number of carbonyl (C=O) groups excluding carboxylic acids is 1. The summed E-state index contributed by atoms with van der Waals surface area (Å²) < 4.78 is 38.5. The fourth-order valence-corrected chi connectivity index (χ4v) is 3.73. The van der Waals surface area contributed by atoms with Gasteiger partial charge in [0.05, 0.1) is 11.3 Å². The number of nitrogens with two attached hydrogens (primary N) is 1. The Labute approximate surface area is 144 Å². The summed E-state index contributed by atoms with van der Waals surface area (Å²) in [4.78, 5) is 18.6. The maximum absolute atomic E-state index is 12.8. The van der Waals surface area contributed by atoms with Gasteiger partial charge in [0.25, 0.3) is 0 Å². The highest BCUT2D eigenvalue weighted by Crippen LogP contribution is 2.39. The Morgan fingerprint density at radius 1 is 1.44 bits per heavy atom. The van der Waals surface area contributed by atoms with Crippen LogP contribution in [0, 0.1) is 5.41 Å². The molecule has 2 aliphatic rings. The summed E-state index contributed by atoms with van der Waals surface area (Å²) in [5.41, 5.74) is 5.90. The molecule has 2 heterocycles. The van der Waals surface area contributed by atoms with Crippen molar-refractivity contribution in [3.05, 3.63) is 35.7 Å². The van der Waals surface area contributed by atoms with Crippen molar-refractivity contribution in [2.45, 2.75) is 44.8 Å². The van der Waals surface area contributed by atoms with Gasteiger partial charge in [-0.05, 0) is 43.4 Å². The van der Waals surface area contributed by atoms with E-state index in [2.05, 4.69) is 4.98 Å². The van der Waals surface area contributed by atoms with Crippen molar-refractivity contribution in [3.8, 4) is 0 Å². The van der Waals surface area contributed by atoms with E-state index in [1.807, 2.05) is 13.0 Å². The topological polar surface area (TPSA) is 59.2 Å². The predicted molar refractivity (Wildman–Crippen MR) is 88.3 cm³/mol. The van der Waals surface area contributed by atoms with Crippen LogP contribution in [-0.2, 0) is 11.0 Å². The molecule has 1 aromatic rings. The van der Waals surface area contributed by atoms with Crippen molar-refractivity contribution in [2.24, 2.45) is 11.1 Å². The third kappa shape index (κ3) is 3.71. The zero-order chi connectivity index (χ0) is 18.2. The Kier molecular flexibility index (Phi) is 4.62. The number of pyridine rings is 1. The van der Waals surface area contributed by atoms with Crippen LogP contribution in [0.5, 0.6) is 0 Å². The molecule has 1 aliphatic heterocycles. The zero-order valence-electron chi connectivity index (χ0n) is 14.1. The molecule has 0 radical (unpaired) electrons. The maximum Gasteiger partial charge on any atom is 0.416 e. The predicted octanol–water partition coefficient (Wildman–Crippen LogP) is 3.23. The Balaban J connectivity index is 1.72. The van der Waals surface area contributed by atoms with Crippen LogP contribution in [0.15, 0.2) is 24.4 Å². The van der Waals surface area contributed by atoms with E-state index in [9.17, 15) is 18.0 Å². The fourth-order valence-electron chi connectivity index (χ4n) is 3.73. The molecule has 2 atom stereocenters. The highest BCUT2D eigenvalue weighted by atomic mass is 19.4. The monoisotopic (exact) mass is 353 g/mol. The molecule has 7 heteroatoms. The highest BCUT2D eigenvalue weighted by molar-refractivity contribution is 5.84. The van der Waals surface area contributed by atoms with Gasteiger partial charge in [0, 0.05) is 30.7 Å². The van der Waals surface area contributed by atoms with E-state index < -0.39 is 17.2 Å². The first kappa shape index (κ1) is 17.9. The average Bonchev–Trinajstić information content (AvgIpc) is 2.94. The summed E-state index contributed by atoms with van der Waals surface area (Å²) in [6.07, 6.45) is 1.43. The van der Waals surface area contributed by atoms with Crippen LogP contribution in [0.25, 0.3) is 5.57 Å². The van der Waals surface area contributed by atoms with E-state index in [0.717, 1.165) is 30.5 Å². The van der Waals surface area contributed by atoms with Gasteiger partial charge in [-0.1, -0.05) is 13.0 Å². The van der Waals surface area contributed by atoms with Crippen LogP contribution in [0.3, 0.4) is 0 Å². The second-order valence-electron chi connectivity index (χ2n) is 7.22. The second kappa shape index (κ2) is 6.44. The third-order valence-corrected chi connectivity index (χ3v) is 5.21. The van der Waals surface area contributed by atoms with Gasteiger partial charge in [-0.15, -0.1) is 0 Å². The van der Waals surface area contributed by atoms with Crippen LogP contribution in [0.1, 0.15) is 43.9 Å². The summed E-state index contributed by atoms with van der Waals surface area (Å²) >= 11 is 0. The molecular weight excluding hydrogens is 331 g/mol. The highest BCUT2D eigenvalue weighted by Gasteiger charge is 2.42. The molecule has 1 aliphatic carbocycles. The van der Waals surface area contributed by atoms with Crippen molar-refractivity contribution in [1.82, 2.24) is 9.88 Å². The van der Waals surface area contributed by atoms with Crippen molar-refractivity contribution in [2.75, 3.05) is 13.1 Å². The molecule has 0 aromatic carbocycles. The third-order valence-electron chi connectivity index (χ3n) is 5.21. The van der Waals surface area contributed by atoms with Crippen molar-refractivity contribution in [1.29, 1.82) is 0 Å². The molecule has 1 aromatic heterocycles. The summed E-state index contributed by atoms with van der Waals surface area (Å²) in [6.45, 7) is 2.85. The van der Waals surface area contributed by atoms with E-state index in [4.69, 9.17) is 5.73 Å². The molecule has 2 unspecified atom stereocenters. The van der Waals surface area contributed by atoms with Crippen LogP contribution in [0.4, 0.5) is 13.2 Å². The van der Waals surface area contributed by atoms with Crippen LogP contribution >= 0.6 is 0 Å². The van der Waals surface area contributed by atoms with Gasteiger partial charge in [0.2, 0.25) is 5.91 Å². The second-order valence-corrected chi connectivity index (χ2v) is 7.22. The number of alkyl halides is 3. The summed E-state index contributed by atoms with van der Waals surface area (Å²) in [7, 11) is 0. The molecule has 4 nitrogen and oxygen atoms in total. The average molecular weight is 353 g/mol. The molecule has 0 saturated heterocycles. The number of halogens is 3. The lowest BCUT2D eigenvalue weighted by Gasteiger charge is -2.33. The number of rotatable bonds is 2. The lowest BCUT2D eigenvalue weighted by Crippen LogP contribution is -2.43. The first-order valence-corrected chi connectivity index (χ1v) is 8.47. The van der Waals surface area contributed by atoms with E-state index >= 15 is 0 Å². The quantitative estimate of drug-likeness (QED) is 0.888. The lowest BCUT2D eigenvalue weighted by atomic mass is 9.86. The summed E-state index contributed by atoms with van der Waals surface area (Å²) in [5, 5.41) is 0. The van der Waals surface area contributed by atoms with Gasteiger partial charge < -0.3 is 10.6 Å². The molecule has 0 bridgehead atoms. The van der Waals surface area contributed by atoms with Gasteiger partial charge in [-0.2, -0.15) is 13.2 Å². The lowest BCUT2D eigenvalue weighted by molar-refractivity contribution is -0.140. The summed E-state index contributed by atoms with van der Waals surface area (Å²) in [6, 6.07) is 2.10. The van der Waals surface area contributed by atoms with E-state index in [-0.39, 0.29) is 11.9 Å². The van der Waals surface area contributed by atoms with Gasteiger partial charge in [0.1, 0.15) is 0 Å². The zero-order valence-corrected chi connectivity index (χ0v) is 14.1. The Hall–Kier alpha value is -1.89. The molecular formula is C18H22F3N3O. The van der Waals surface area contributed by atoms with Gasteiger partial charge in [-0.25, -0.2) is 0 Å². The number of hydrogen-bond donors (Lipinski definition) is 1. The van der Waals surface area contributed by atoms with E-state index in [1.165, 1.54) is 6.20 Å². The maximum atomic E-state index is 12.8. The number of aromatic nitrogens is 1. The van der Waals surface area contributed by atoms with Crippen molar-refractivity contribution in [3.63, 3.8) is 0 Å². The molecule has 1 saturated carbocycles. The van der Waals surface area contributed by atoms with Crippen molar-refractivity contribution < 1.29 is 18.0 Å². The SMILES string of the molecule is CC1(C(=O)N2CC=C(c3cc(C(F)(F)F)ccn3)CC2)CCC(N)C1. The Morgan fingerprint density at radius 3 is 2.76 bits per heavy atom. The van der Waals surface area contributed by atoms with Gasteiger partial charge in [0.15, 0.2) is 0 Å². The van der Waals surface area contributed by atoms with Gasteiger partial charge in [-0.3, -0.25) is 9.78 Å². The normalized spacial score (nSPS) is 27.3. The molecule has 1 amide bonds. The van der Waals surface area contributed by atoms with E-state index in [1.54, 1.807) is 4.90 Å². The molecule has 136 valence electrons. The van der Waals surface area contributed by atoms with Crippen LogP contribution in [0.2, 0.25) is 0 Å². The fraction of sp³-hybridized carbons (Fsp3) is 0.556. The Bertz CT molecular complexity index is 701. The summed E-state index contributed by atoms with van der Waals surface area (Å²) in [5.74, 6) is 0.0905. The number of carbonyl (C=O) groups is 1. The number of hydrogen-bond acceptors (Lipinski definition) is 3. The van der Waals surface area contributed by atoms with Gasteiger partial charge >= 0.3 is 6.18 Å². The Morgan fingerprint density at radius 2 is 2.20 bits per heavy atom. The molecule has 2 N–H and O–H groups in total.